The first kappa shape index (κ1) is 20.5. The number of amides is 2. The van der Waals surface area contributed by atoms with E-state index in [1.54, 1.807) is 23.1 Å². The maximum Gasteiger partial charge on any atom is 0.260 e. The van der Waals surface area contributed by atoms with Crippen LogP contribution in [-0.4, -0.2) is 43.2 Å². The minimum Gasteiger partial charge on any atom is -0.483 e. The van der Waals surface area contributed by atoms with Crippen molar-refractivity contribution in [3.05, 3.63) is 46.4 Å². The van der Waals surface area contributed by atoms with Crippen LogP contribution in [0.5, 0.6) is 17.2 Å². The summed E-state index contributed by atoms with van der Waals surface area (Å²) in [4.78, 5) is 26.8. The van der Waals surface area contributed by atoms with Crippen LogP contribution in [0, 0.1) is 12.8 Å². The SMILES string of the molecule is Cc1ccc(OCC(=O)N2CCC(C(=O)Nc3ccc4c(c3)OCO4)CC2)c(Br)c1. The summed E-state index contributed by atoms with van der Waals surface area (Å²) in [6.45, 7) is 3.25. The van der Waals surface area contributed by atoms with Crippen molar-refractivity contribution in [1.29, 1.82) is 0 Å². The second-order valence-electron chi connectivity index (χ2n) is 7.43. The number of rotatable bonds is 5. The number of nitrogens with one attached hydrogen (secondary N) is 1. The van der Waals surface area contributed by atoms with Crippen molar-refractivity contribution in [1.82, 2.24) is 4.90 Å². The van der Waals surface area contributed by atoms with E-state index in [9.17, 15) is 9.59 Å². The van der Waals surface area contributed by atoms with Gasteiger partial charge >= 0.3 is 0 Å². The molecule has 0 saturated carbocycles. The summed E-state index contributed by atoms with van der Waals surface area (Å²) in [7, 11) is 0. The van der Waals surface area contributed by atoms with E-state index in [1.165, 1.54) is 0 Å². The Morgan fingerprint density at radius 1 is 1.13 bits per heavy atom. The van der Waals surface area contributed by atoms with Crippen LogP contribution in [0.3, 0.4) is 0 Å². The molecule has 1 saturated heterocycles. The number of halogens is 1. The van der Waals surface area contributed by atoms with Crippen LogP contribution in [-0.2, 0) is 9.59 Å². The Balaban J connectivity index is 1.25. The van der Waals surface area contributed by atoms with Crippen LogP contribution in [0.15, 0.2) is 40.9 Å². The molecule has 0 bridgehead atoms. The van der Waals surface area contributed by atoms with Gasteiger partial charge in [0.1, 0.15) is 5.75 Å². The van der Waals surface area contributed by atoms with E-state index in [-0.39, 0.29) is 31.1 Å². The fourth-order valence-corrected chi connectivity index (χ4v) is 4.17. The van der Waals surface area contributed by atoms with Gasteiger partial charge in [-0.15, -0.1) is 0 Å². The van der Waals surface area contributed by atoms with Crippen molar-refractivity contribution in [2.75, 3.05) is 31.8 Å². The molecule has 2 aliphatic rings. The third-order valence-electron chi connectivity index (χ3n) is 5.30. The smallest absolute Gasteiger partial charge is 0.260 e. The zero-order valence-corrected chi connectivity index (χ0v) is 18.2. The number of likely N-dealkylation sites (tertiary alicyclic amines) is 1. The number of hydrogen-bond donors (Lipinski definition) is 1. The normalized spacial score (nSPS) is 15.7. The topological polar surface area (TPSA) is 77.1 Å². The van der Waals surface area contributed by atoms with Crippen molar-refractivity contribution in [2.45, 2.75) is 19.8 Å². The second-order valence-corrected chi connectivity index (χ2v) is 8.29. The van der Waals surface area contributed by atoms with Crippen LogP contribution in [0.25, 0.3) is 0 Å². The standard InChI is InChI=1S/C22H23BrN2O5/c1-14-2-4-18(17(23)10-14)28-12-21(26)25-8-6-15(7-9-25)22(27)24-16-3-5-19-20(11-16)30-13-29-19/h2-5,10-11,15H,6-9,12-13H2,1H3,(H,24,27). The number of hydrogen-bond acceptors (Lipinski definition) is 5. The first-order valence-corrected chi connectivity index (χ1v) is 10.7. The lowest BCUT2D eigenvalue weighted by atomic mass is 9.95. The van der Waals surface area contributed by atoms with Crippen molar-refractivity contribution in [2.24, 2.45) is 5.92 Å². The number of carbonyl (C=O) groups is 2. The Hall–Kier alpha value is -2.74. The fraction of sp³-hybridized carbons (Fsp3) is 0.364. The van der Waals surface area contributed by atoms with Gasteiger partial charge in [0.05, 0.1) is 4.47 Å². The molecule has 2 aromatic carbocycles. The molecule has 30 heavy (non-hydrogen) atoms. The zero-order valence-electron chi connectivity index (χ0n) is 16.7. The highest BCUT2D eigenvalue weighted by Gasteiger charge is 2.28. The molecule has 4 rings (SSSR count). The molecule has 2 heterocycles. The predicted molar refractivity (Wildman–Crippen MR) is 115 cm³/mol. The van der Waals surface area contributed by atoms with E-state index in [1.807, 2.05) is 25.1 Å². The number of aryl methyl sites for hydroxylation is 1. The Bertz CT molecular complexity index is 957. The van der Waals surface area contributed by atoms with Gasteiger partial charge in [0.15, 0.2) is 18.1 Å². The third-order valence-corrected chi connectivity index (χ3v) is 5.92. The van der Waals surface area contributed by atoms with Crippen molar-refractivity contribution in [3.8, 4) is 17.2 Å². The molecule has 0 atom stereocenters. The van der Waals surface area contributed by atoms with Crippen LogP contribution in [0.2, 0.25) is 0 Å². The van der Waals surface area contributed by atoms with Crippen molar-refractivity contribution < 1.29 is 23.8 Å². The molecule has 0 radical (unpaired) electrons. The Kier molecular flexibility index (Phi) is 6.13. The summed E-state index contributed by atoms with van der Waals surface area (Å²) in [5.74, 6) is 1.71. The summed E-state index contributed by atoms with van der Waals surface area (Å²) in [6.07, 6.45) is 1.24. The largest absolute Gasteiger partial charge is 0.483 e. The van der Waals surface area contributed by atoms with Gasteiger partial charge in [-0.2, -0.15) is 0 Å². The third kappa shape index (κ3) is 4.70. The minimum atomic E-state index is -0.133. The summed E-state index contributed by atoms with van der Waals surface area (Å²) in [5.41, 5.74) is 1.79. The highest BCUT2D eigenvalue weighted by molar-refractivity contribution is 9.10. The van der Waals surface area contributed by atoms with Gasteiger partial charge < -0.3 is 24.4 Å². The first-order valence-electron chi connectivity index (χ1n) is 9.87. The summed E-state index contributed by atoms with van der Waals surface area (Å²) < 4.78 is 17.1. The van der Waals surface area contributed by atoms with E-state index in [2.05, 4.69) is 21.2 Å². The molecule has 2 aliphatic heterocycles. The van der Waals surface area contributed by atoms with E-state index in [0.717, 1.165) is 10.0 Å². The maximum atomic E-state index is 12.6. The predicted octanol–water partition coefficient (Wildman–Crippen LogP) is 3.74. The van der Waals surface area contributed by atoms with Crippen molar-refractivity contribution >= 4 is 33.4 Å². The lowest BCUT2D eigenvalue weighted by molar-refractivity contribution is -0.136. The highest BCUT2D eigenvalue weighted by Crippen LogP contribution is 2.34. The molecular formula is C22H23BrN2O5. The first-order chi connectivity index (χ1) is 14.5. The van der Waals surface area contributed by atoms with Crippen LogP contribution >= 0.6 is 15.9 Å². The second kappa shape index (κ2) is 8.95. The molecule has 2 aromatic rings. The number of nitrogens with zero attached hydrogens (tertiary/aromatic N) is 1. The summed E-state index contributed by atoms with van der Waals surface area (Å²) in [5, 5.41) is 2.93. The zero-order chi connectivity index (χ0) is 21.1. The Morgan fingerprint density at radius 3 is 2.67 bits per heavy atom. The van der Waals surface area contributed by atoms with Crippen LogP contribution in [0.1, 0.15) is 18.4 Å². The molecule has 158 valence electrons. The van der Waals surface area contributed by atoms with Gasteiger partial charge in [0.2, 0.25) is 12.7 Å². The van der Waals surface area contributed by atoms with Crippen molar-refractivity contribution in [3.63, 3.8) is 0 Å². The van der Waals surface area contributed by atoms with Gasteiger partial charge in [-0.1, -0.05) is 6.07 Å². The Labute approximate surface area is 183 Å². The van der Waals surface area contributed by atoms with Gasteiger partial charge in [-0.05, 0) is 65.5 Å². The van der Waals surface area contributed by atoms with E-state index >= 15 is 0 Å². The van der Waals surface area contributed by atoms with E-state index < -0.39 is 0 Å². The average molecular weight is 475 g/mol. The molecule has 0 aromatic heterocycles. The summed E-state index contributed by atoms with van der Waals surface area (Å²) in [6, 6.07) is 11.1. The lowest BCUT2D eigenvalue weighted by Crippen LogP contribution is -2.43. The molecular weight excluding hydrogens is 452 g/mol. The fourth-order valence-electron chi connectivity index (χ4n) is 3.56. The van der Waals surface area contributed by atoms with E-state index in [0.29, 0.717) is 48.9 Å². The minimum absolute atomic E-state index is 0.0181. The molecule has 7 nitrogen and oxygen atoms in total. The monoisotopic (exact) mass is 474 g/mol. The molecule has 1 N–H and O–H groups in total. The molecule has 1 fully saturated rings. The van der Waals surface area contributed by atoms with Crippen LogP contribution in [0.4, 0.5) is 5.69 Å². The molecule has 2 amide bonds. The number of benzene rings is 2. The Morgan fingerprint density at radius 2 is 1.90 bits per heavy atom. The summed E-state index contributed by atoms with van der Waals surface area (Å²) >= 11 is 3.45. The quantitative estimate of drug-likeness (QED) is 0.713. The van der Waals surface area contributed by atoms with Gasteiger partial charge in [0, 0.05) is 30.8 Å². The van der Waals surface area contributed by atoms with Gasteiger partial charge in [0.25, 0.3) is 5.91 Å². The number of carbonyl (C=O) groups excluding carboxylic acids is 2. The van der Waals surface area contributed by atoms with E-state index in [4.69, 9.17) is 14.2 Å². The average Bonchev–Trinajstić information content (AvgIpc) is 3.21. The molecule has 0 spiro atoms. The van der Waals surface area contributed by atoms with Gasteiger partial charge in [-0.3, -0.25) is 9.59 Å². The number of ether oxygens (including phenoxy) is 3. The van der Waals surface area contributed by atoms with Gasteiger partial charge in [-0.25, -0.2) is 0 Å². The number of piperidine rings is 1. The number of fused-ring (bicyclic) bond motifs is 1. The number of anilines is 1. The van der Waals surface area contributed by atoms with Crippen LogP contribution < -0.4 is 19.5 Å². The molecule has 8 heteroatoms. The molecule has 0 unspecified atom stereocenters. The maximum absolute atomic E-state index is 12.6. The molecule has 0 aliphatic carbocycles. The lowest BCUT2D eigenvalue weighted by Gasteiger charge is -2.31. The highest BCUT2D eigenvalue weighted by atomic mass is 79.9.